The molecule has 2 N–H and O–H groups in total. The second kappa shape index (κ2) is 5.99. The quantitative estimate of drug-likeness (QED) is 0.629. The van der Waals surface area contributed by atoms with Gasteiger partial charge in [0, 0.05) is 0 Å². The maximum Gasteiger partial charge on any atom is 0.295 e. The summed E-state index contributed by atoms with van der Waals surface area (Å²) in [6.45, 7) is 1.99. The van der Waals surface area contributed by atoms with Crippen molar-refractivity contribution in [3.8, 4) is 6.07 Å². The minimum atomic E-state index is -1.33. The molecule has 0 aliphatic rings. The van der Waals surface area contributed by atoms with Crippen molar-refractivity contribution in [2.24, 2.45) is 0 Å². The number of aryl methyl sites for hydroxylation is 1. The molecule has 0 saturated carbocycles. The predicted octanol–water partition coefficient (Wildman–Crippen LogP) is 1.21. The number of aliphatic hydroxyl groups excluding tert-OH is 1. The van der Waals surface area contributed by atoms with Gasteiger partial charge >= 0.3 is 0 Å². The number of ether oxygens (including phenoxy) is 1. The Morgan fingerprint density at radius 3 is 2.65 bits per heavy atom. The first-order valence-corrected chi connectivity index (χ1v) is 5.94. The van der Waals surface area contributed by atoms with E-state index in [4.69, 9.17) is 5.26 Å². The van der Waals surface area contributed by atoms with Crippen LogP contribution in [-0.4, -0.2) is 27.8 Å². The lowest BCUT2D eigenvalue weighted by Gasteiger charge is -2.21. The van der Waals surface area contributed by atoms with Gasteiger partial charge in [0.25, 0.3) is 6.47 Å². The van der Waals surface area contributed by atoms with Crippen molar-refractivity contribution in [1.82, 2.24) is 9.97 Å². The van der Waals surface area contributed by atoms with Crippen LogP contribution in [0.3, 0.4) is 0 Å². The summed E-state index contributed by atoms with van der Waals surface area (Å²) in [6, 6.07) is 8.72. The van der Waals surface area contributed by atoms with Gasteiger partial charge in [-0.3, -0.25) is 4.79 Å². The molecule has 0 radical (unpaired) electrons. The Morgan fingerprint density at radius 2 is 2.15 bits per heavy atom. The van der Waals surface area contributed by atoms with Gasteiger partial charge in [0.1, 0.15) is 0 Å². The van der Waals surface area contributed by atoms with Gasteiger partial charge < -0.3 is 14.8 Å². The summed E-state index contributed by atoms with van der Waals surface area (Å²) in [5, 5.41) is 18.8. The van der Waals surface area contributed by atoms with Gasteiger partial charge in [-0.1, -0.05) is 12.1 Å². The number of hydrogen-bond donors (Lipinski definition) is 2. The molecule has 0 aliphatic heterocycles. The second-order valence-corrected chi connectivity index (χ2v) is 4.24. The molecule has 102 valence electrons. The van der Waals surface area contributed by atoms with Gasteiger partial charge in [0.2, 0.25) is 6.29 Å². The number of H-pyrrole nitrogens is 1. The summed E-state index contributed by atoms with van der Waals surface area (Å²) in [6.07, 6.45) is 0.175. The Balaban J connectivity index is 2.43. The molecule has 6 nitrogen and oxygen atoms in total. The molecule has 0 spiro atoms. The number of aromatic amines is 1. The Hall–Kier alpha value is -2.65. The van der Waals surface area contributed by atoms with Gasteiger partial charge in [-0.2, -0.15) is 5.26 Å². The number of nitrogens with zero attached hydrogens (tertiary/aromatic N) is 2. The lowest BCUT2D eigenvalue weighted by Crippen LogP contribution is -2.23. The Bertz CT molecular complexity index is 628. The van der Waals surface area contributed by atoms with Gasteiger partial charge in [0.05, 0.1) is 35.3 Å². The molecule has 2 unspecified atom stereocenters. The molecule has 2 atom stereocenters. The van der Waals surface area contributed by atoms with E-state index in [2.05, 4.69) is 14.7 Å². The minimum Gasteiger partial charge on any atom is -0.437 e. The Morgan fingerprint density at radius 1 is 1.45 bits per heavy atom. The van der Waals surface area contributed by atoms with Crippen LogP contribution >= 0.6 is 0 Å². The molecule has 1 aromatic heterocycles. The largest absolute Gasteiger partial charge is 0.437 e. The zero-order chi connectivity index (χ0) is 14.5. The van der Waals surface area contributed by atoms with Crippen molar-refractivity contribution in [3.63, 3.8) is 0 Å². The van der Waals surface area contributed by atoms with Crippen molar-refractivity contribution < 1.29 is 14.6 Å². The average molecular weight is 271 g/mol. The van der Waals surface area contributed by atoms with Gasteiger partial charge in [0.15, 0.2) is 0 Å². The number of aromatic nitrogens is 2. The van der Waals surface area contributed by atoms with E-state index >= 15 is 0 Å². The third kappa shape index (κ3) is 2.68. The zero-order valence-electron chi connectivity index (χ0n) is 10.8. The average Bonchev–Trinajstić information content (AvgIpc) is 2.86. The van der Waals surface area contributed by atoms with Crippen molar-refractivity contribution >= 4 is 6.47 Å². The molecule has 0 saturated heterocycles. The van der Waals surface area contributed by atoms with Crippen LogP contribution in [0.4, 0.5) is 0 Å². The smallest absolute Gasteiger partial charge is 0.295 e. The van der Waals surface area contributed by atoms with E-state index in [-0.39, 0.29) is 6.47 Å². The lowest BCUT2D eigenvalue weighted by molar-refractivity contribution is -0.153. The molecule has 1 heterocycles. The van der Waals surface area contributed by atoms with Gasteiger partial charge in [-0.25, -0.2) is 4.98 Å². The summed E-state index contributed by atoms with van der Waals surface area (Å²) in [4.78, 5) is 17.5. The molecule has 1 aromatic carbocycles. The third-order valence-electron chi connectivity index (χ3n) is 3.06. The molecule has 0 aliphatic carbocycles. The standard InChI is InChI=1S/C14H13N3O3/c1-9-13(17-7-16-9)12(14(19)20-8-18)11-4-2-10(6-15)3-5-11/h2-5,7-8,12,14,19H,1H3,(H,16,17). The number of aliphatic hydroxyl groups is 1. The summed E-state index contributed by atoms with van der Waals surface area (Å²) in [5.41, 5.74) is 2.59. The van der Waals surface area contributed by atoms with Crippen molar-refractivity contribution in [3.05, 3.63) is 53.1 Å². The number of nitrogens with one attached hydrogen (secondary N) is 1. The van der Waals surface area contributed by atoms with E-state index in [1.165, 1.54) is 6.33 Å². The van der Waals surface area contributed by atoms with Crippen LogP contribution < -0.4 is 0 Å². The van der Waals surface area contributed by atoms with E-state index in [0.29, 0.717) is 22.5 Å². The highest BCUT2D eigenvalue weighted by molar-refractivity contribution is 5.40. The number of imidazole rings is 1. The van der Waals surface area contributed by atoms with Crippen LogP contribution in [0.15, 0.2) is 30.6 Å². The predicted molar refractivity (Wildman–Crippen MR) is 69.5 cm³/mol. The van der Waals surface area contributed by atoms with E-state index in [1.54, 1.807) is 31.2 Å². The van der Waals surface area contributed by atoms with Crippen LogP contribution in [0.25, 0.3) is 0 Å². The highest BCUT2D eigenvalue weighted by Gasteiger charge is 2.27. The fraction of sp³-hybridized carbons (Fsp3) is 0.214. The van der Waals surface area contributed by atoms with E-state index in [9.17, 15) is 9.90 Å². The first-order chi connectivity index (χ1) is 9.67. The van der Waals surface area contributed by atoms with Crippen molar-refractivity contribution in [2.45, 2.75) is 19.1 Å². The molecule has 0 amide bonds. The number of hydrogen-bond acceptors (Lipinski definition) is 5. The number of carbonyl (C=O) groups excluding carboxylic acids is 1. The van der Waals surface area contributed by atoms with E-state index in [1.807, 2.05) is 6.07 Å². The molecule has 0 bridgehead atoms. The molecule has 6 heteroatoms. The summed E-state index contributed by atoms with van der Waals surface area (Å²) in [7, 11) is 0. The lowest BCUT2D eigenvalue weighted by atomic mass is 9.93. The first-order valence-electron chi connectivity index (χ1n) is 5.94. The Kier molecular flexibility index (Phi) is 4.13. The molecule has 0 fully saturated rings. The van der Waals surface area contributed by atoms with Crippen LogP contribution in [-0.2, 0) is 9.53 Å². The Labute approximate surface area is 115 Å². The molecule has 20 heavy (non-hydrogen) atoms. The third-order valence-corrected chi connectivity index (χ3v) is 3.06. The summed E-state index contributed by atoms with van der Waals surface area (Å²) in [5.74, 6) is -0.588. The fourth-order valence-corrected chi connectivity index (χ4v) is 2.06. The monoisotopic (exact) mass is 271 g/mol. The van der Waals surface area contributed by atoms with Crippen LogP contribution in [0.2, 0.25) is 0 Å². The molecule has 2 rings (SSSR count). The maximum atomic E-state index is 10.5. The van der Waals surface area contributed by atoms with Gasteiger partial charge in [-0.15, -0.1) is 0 Å². The van der Waals surface area contributed by atoms with E-state index < -0.39 is 12.2 Å². The summed E-state index contributed by atoms with van der Waals surface area (Å²) < 4.78 is 4.66. The topological polar surface area (TPSA) is 99.0 Å². The summed E-state index contributed by atoms with van der Waals surface area (Å²) >= 11 is 0. The van der Waals surface area contributed by atoms with E-state index in [0.717, 1.165) is 0 Å². The molecular weight excluding hydrogens is 258 g/mol. The molecular formula is C14H13N3O3. The molecule has 2 aromatic rings. The van der Waals surface area contributed by atoms with Crippen LogP contribution in [0.1, 0.15) is 28.4 Å². The number of benzene rings is 1. The van der Waals surface area contributed by atoms with Crippen molar-refractivity contribution in [1.29, 1.82) is 5.26 Å². The second-order valence-electron chi connectivity index (χ2n) is 4.24. The number of nitriles is 1. The normalized spacial score (nSPS) is 13.2. The van der Waals surface area contributed by atoms with Crippen LogP contribution in [0, 0.1) is 18.3 Å². The number of carbonyl (C=O) groups is 1. The van der Waals surface area contributed by atoms with Crippen molar-refractivity contribution in [2.75, 3.05) is 0 Å². The van der Waals surface area contributed by atoms with Gasteiger partial charge in [-0.05, 0) is 24.6 Å². The minimum absolute atomic E-state index is 0.201. The SMILES string of the molecule is Cc1nc[nH]c1C(c1ccc(C#N)cc1)C(O)OC=O. The first kappa shape index (κ1) is 13.8. The van der Waals surface area contributed by atoms with Crippen LogP contribution in [0.5, 0.6) is 0 Å². The highest BCUT2D eigenvalue weighted by atomic mass is 16.6. The fourth-order valence-electron chi connectivity index (χ4n) is 2.06. The highest BCUT2D eigenvalue weighted by Crippen LogP contribution is 2.29. The maximum absolute atomic E-state index is 10.5. The number of rotatable bonds is 5. The zero-order valence-corrected chi connectivity index (χ0v) is 10.8.